The number of phenols is 1. The number of likely N-dealkylation sites (N-methyl/N-ethyl adjacent to an activating group) is 1. The van der Waals surface area contributed by atoms with Crippen LogP contribution in [0.25, 0.3) is 10.2 Å². The number of carbonyl (C=O) groups excluding carboxylic acids is 2. The van der Waals surface area contributed by atoms with Gasteiger partial charge in [0.25, 0.3) is 5.91 Å². The van der Waals surface area contributed by atoms with Crippen molar-refractivity contribution in [2.45, 2.75) is 83.3 Å². The molecule has 69 heavy (non-hydrogen) atoms. The van der Waals surface area contributed by atoms with Crippen LogP contribution in [0.1, 0.15) is 78.1 Å². The number of likely N-dealkylation sites (tertiary alicyclic amines) is 1. The Morgan fingerprint density at radius 3 is 2.23 bits per heavy atom. The van der Waals surface area contributed by atoms with Crippen LogP contribution >= 0.6 is 34.3 Å². The van der Waals surface area contributed by atoms with Gasteiger partial charge in [-0.25, -0.2) is 14.6 Å². The predicted molar refractivity (Wildman–Crippen MR) is 246 cm³/mol. The number of aliphatic carboxylic acids is 2. The number of halogens is 7. The van der Waals surface area contributed by atoms with Gasteiger partial charge in [-0.3, -0.25) is 19.3 Å². The fourth-order valence-electron chi connectivity index (χ4n) is 7.33. The number of H-pyrrole nitrogens is 1. The zero-order valence-corrected chi connectivity index (χ0v) is 40.4. The zero-order chi connectivity index (χ0) is 51.1. The number of carboxylic acids is 2. The van der Waals surface area contributed by atoms with Gasteiger partial charge in [0.1, 0.15) is 17.0 Å². The fourth-order valence-corrected chi connectivity index (χ4v) is 9.32. The number of rotatable bonds is 17. The van der Waals surface area contributed by atoms with E-state index in [2.05, 4.69) is 40.1 Å². The van der Waals surface area contributed by atoms with Crippen molar-refractivity contribution in [2.24, 2.45) is 0 Å². The molecule has 4 aromatic rings. The first-order valence-corrected chi connectivity index (χ1v) is 23.9. The first-order chi connectivity index (χ1) is 32.4. The molecule has 2 saturated heterocycles. The summed E-state index contributed by atoms with van der Waals surface area (Å²) in [5.74, 6) is -5.07. The number of amides is 2. The third kappa shape index (κ3) is 17.2. The lowest BCUT2D eigenvalue weighted by Crippen LogP contribution is -2.58. The molecular weight excluding hydrogens is 986 g/mol. The van der Waals surface area contributed by atoms with Gasteiger partial charge in [-0.1, -0.05) is 61.1 Å². The van der Waals surface area contributed by atoms with Gasteiger partial charge in [0.15, 0.2) is 0 Å². The molecule has 0 bridgehead atoms. The number of carboxylic acid groups (broad SMARTS) is 2. The highest BCUT2D eigenvalue weighted by Gasteiger charge is 2.42. The summed E-state index contributed by atoms with van der Waals surface area (Å²) in [6.07, 6.45) is -6.78. The monoisotopic (exact) mass is 1040 g/mol. The van der Waals surface area contributed by atoms with Crippen LogP contribution < -0.4 is 10.2 Å². The van der Waals surface area contributed by atoms with Crippen LogP contribution in [-0.2, 0) is 43.2 Å². The SMILES string of the molecule is CCN(CCNCCc1ccc(O)c2[nH]c(=O)sc12)C(=O)CCOCCc1cccc(CN2CCC3(CC2)CN(C(=O)c2csc(C(C)C)n2)CCO3)c1Cl.O=C(O)C(F)(F)F.O=C(O)C(F)(F)F. The number of alkyl halides is 6. The van der Waals surface area contributed by atoms with Crippen LogP contribution in [0.3, 0.4) is 0 Å². The van der Waals surface area contributed by atoms with Crippen LogP contribution in [0.5, 0.6) is 5.75 Å². The molecule has 25 heteroatoms. The average Bonchev–Trinajstić information content (AvgIpc) is 3.95. The van der Waals surface area contributed by atoms with Crippen molar-refractivity contribution < 1.29 is 70.3 Å². The molecule has 2 aliphatic rings. The number of nitrogens with zero attached hydrogens (tertiary/aromatic N) is 4. The molecule has 0 saturated carbocycles. The highest BCUT2D eigenvalue weighted by atomic mass is 35.5. The summed E-state index contributed by atoms with van der Waals surface area (Å²) in [5.41, 5.74) is 3.82. The maximum atomic E-state index is 13.3. The van der Waals surface area contributed by atoms with E-state index in [-0.39, 0.29) is 28.0 Å². The standard InChI is InChI=1S/C40H53ClN6O6S2.2C2HF3O2/c1-4-46(19-16-42-15-10-29-8-9-32(48)35-36(29)55-39(51)44-35)33(49)12-22-52-21-11-28-6-5-7-30(34(28)41)24-45-17-13-40(14-18-45)26-47(20-23-53-40)38(50)31-25-54-37(43-31)27(2)3;2*3-2(4,5)1(6)7/h5-9,25,27,42,48H,4,10-24,26H2,1-3H3,(H,44,51);2*(H,6,7). The van der Waals surface area contributed by atoms with Gasteiger partial charge in [0.05, 0.1) is 48.1 Å². The van der Waals surface area contributed by atoms with E-state index in [1.165, 1.54) is 0 Å². The number of thiazole rings is 2. The van der Waals surface area contributed by atoms with Gasteiger partial charge in [0, 0.05) is 62.1 Å². The maximum absolute atomic E-state index is 13.3. The minimum Gasteiger partial charge on any atom is -0.506 e. The van der Waals surface area contributed by atoms with E-state index in [9.17, 15) is 45.8 Å². The number of morpholine rings is 1. The molecule has 2 aliphatic heterocycles. The topological polar surface area (TPSA) is 215 Å². The number of aromatic hydroxyl groups is 1. The molecule has 16 nitrogen and oxygen atoms in total. The van der Waals surface area contributed by atoms with Crippen LogP contribution in [0.2, 0.25) is 5.02 Å². The Hall–Kier alpha value is -4.85. The number of piperidine rings is 1. The van der Waals surface area contributed by atoms with Gasteiger partial charge < -0.3 is 44.9 Å². The summed E-state index contributed by atoms with van der Waals surface area (Å²) in [6.45, 7) is 13.7. The average molecular weight is 1040 g/mol. The number of ether oxygens (including phenoxy) is 2. The maximum Gasteiger partial charge on any atom is 0.490 e. The lowest BCUT2D eigenvalue weighted by atomic mass is 9.89. The van der Waals surface area contributed by atoms with Gasteiger partial charge in [-0.2, -0.15) is 26.3 Å². The number of phenolic OH excluding ortho intramolecular Hbond substituents is 1. The van der Waals surface area contributed by atoms with E-state index in [1.807, 2.05) is 40.3 Å². The normalized spacial score (nSPS) is 15.1. The van der Waals surface area contributed by atoms with Crippen molar-refractivity contribution >= 4 is 68.2 Å². The third-order valence-electron chi connectivity index (χ3n) is 11.1. The molecule has 4 heterocycles. The Morgan fingerprint density at radius 2 is 1.62 bits per heavy atom. The summed E-state index contributed by atoms with van der Waals surface area (Å²) in [5, 5.41) is 31.3. The molecular formula is C44H55ClF6N6O10S2. The smallest absolute Gasteiger partial charge is 0.490 e. The second kappa shape index (κ2) is 25.8. The Bertz CT molecular complexity index is 2380. The lowest BCUT2D eigenvalue weighted by Gasteiger charge is -2.47. The molecule has 2 fully saturated rings. The summed E-state index contributed by atoms with van der Waals surface area (Å²) >= 11 is 9.58. The third-order valence-corrected chi connectivity index (χ3v) is 13.6. The van der Waals surface area contributed by atoms with Crippen LogP contribution in [0.4, 0.5) is 26.3 Å². The summed E-state index contributed by atoms with van der Waals surface area (Å²) in [7, 11) is 0. The number of fused-ring (bicyclic) bond motifs is 1. The van der Waals surface area contributed by atoms with Crippen molar-refractivity contribution in [3.05, 3.63) is 77.8 Å². The minimum atomic E-state index is -5.08. The number of hydrogen-bond acceptors (Lipinski definition) is 13. The number of benzene rings is 2. The van der Waals surface area contributed by atoms with Crippen molar-refractivity contribution in [1.82, 2.24) is 30.0 Å². The molecule has 2 aromatic heterocycles. The summed E-state index contributed by atoms with van der Waals surface area (Å²) < 4.78 is 76.5. The molecule has 0 unspecified atom stereocenters. The first-order valence-electron chi connectivity index (χ1n) is 21.8. The zero-order valence-electron chi connectivity index (χ0n) is 38.0. The van der Waals surface area contributed by atoms with Crippen LogP contribution in [0.15, 0.2) is 40.5 Å². The number of hydrogen-bond donors (Lipinski definition) is 5. The van der Waals surface area contributed by atoms with Crippen molar-refractivity contribution in [1.29, 1.82) is 0 Å². The summed E-state index contributed by atoms with van der Waals surface area (Å²) in [6, 6.07) is 9.62. The quantitative estimate of drug-likeness (QED) is 0.0537. The molecule has 0 atom stereocenters. The van der Waals surface area contributed by atoms with Crippen molar-refractivity contribution in [2.75, 3.05) is 72.2 Å². The lowest BCUT2D eigenvalue weighted by molar-refractivity contribution is -0.193. The van der Waals surface area contributed by atoms with E-state index < -0.39 is 24.3 Å². The molecule has 0 aliphatic carbocycles. The van der Waals surface area contributed by atoms with Crippen LogP contribution in [-0.4, -0.2) is 154 Å². The predicted octanol–water partition coefficient (Wildman–Crippen LogP) is 6.93. The fraction of sp³-hybridized carbons (Fsp3) is 0.545. The highest BCUT2D eigenvalue weighted by molar-refractivity contribution is 7.16. The van der Waals surface area contributed by atoms with E-state index in [4.69, 9.17) is 40.9 Å². The van der Waals surface area contributed by atoms with E-state index in [0.717, 1.165) is 75.2 Å². The second-order valence-electron chi connectivity index (χ2n) is 16.3. The first kappa shape index (κ1) is 56.7. The molecule has 1 spiro atoms. The molecule has 0 radical (unpaired) electrons. The van der Waals surface area contributed by atoms with Crippen molar-refractivity contribution in [3.8, 4) is 5.75 Å². The van der Waals surface area contributed by atoms with E-state index >= 15 is 0 Å². The van der Waals surface area contributed by atoms with Gasteiger partial charge >= 0.3 is 29.2 Å². The van der Waals surface area contributed by atoms with E-state index in [1.54, 1.807) is 17.4 Å². The summed E-state index contributed by atoms with van der Waals surface area (Å²) in [4.78, 5) is 69.0. The Balaban J connectivity index is 0.000000645. The van der Waals surface area contributed by atoms with Crippen LogP contribution in [0, 0.1) is 0 Å². The number of aromatic nitrogens is 2. The number of carbonyl (C=O) groups is 4. The van der Waals surface area contributed by atoms with Gasteiger partial charge in [-0.05, 0) is 61.9 Å². The molecule has 5 N–H and O–H groups in total. The highest BCUT2D eigenvalue weighted by Crippen LogP contribution is 2.33. The molecule has 2 amide bonds. The number of aromatic amines is 1. The second-order valence-corrected chi connectivity index (χ2v) is 18.6. The van der Waals surface area contributed by atoms with Gasteiger partial charge in [0.2, 0.25) is 5.91 Å². The van der Waals surface area contributed by atoms with Gasteiger partial charge in [-0.15, -0.1) is 11.3 Å². The van der Waals surface area contributed by atoms with E-state index in [0.29, 0.717) is 95.5 Å². The van der Waals surface area contributed by atoms with Crippen molar-refractivity contribution in [3.63, 3.8) is 0 Å². The molecule has 2 aromatic carbocycles. The molecule has 6 rings (SSSR count). The minimum absolute atomic E-state index is 0.000386. The Kier molecular flexibility index (Phi) is 21.3. The largest absolute Gasteiger partial charge is 0.506 e. The Morgan fingerprint density at radius 1 is 0.971 bits per heavy atom. The number of nitrogens with one attached hydrogen (secondary N) is 2. The Labute approximate surface area is 406 Å². The molecule has 382 valence electrons.